The lowest BCUT2D eigenvalue weighted by molar-refractivity contribution is 0.695. The summed E-state index contributed by atoms with van der Waals surface area (Å²) in [7, 11) is 1.98. The molecule has 0 saturated heterocycles. The van der Waals surface area contributed by atoms with Crippen molar-refractivity contribution in [2.45, 2.75) is 19.4 Å². The van der Waals surface area contributed by atoms with Crippen molar-refractivity contribution in [1.29, 1.82) is 0 Å². The van der Waals surface area contributed by atoms with Crippen molar-refractivity contribution in [1.82, 2.24) is 19.9 Å². The zero-order valence-corrected chi connectivity index (χ0v) is 11.7. The number of aryl methyl sites for hydroxylation is 1. The summed E-state index contributed by atoms with van der Waals surface area (Å²) in [5, 5.41) is 7.78. The topological polar surface area (TPSA) is 42.2 Å². The highest BCUT2D eigenvalue weighted by atomic mass is 15.2. The number of rotatable bonds is 4. The van der Waals surface area contributed by atoms with Crippen LogP contribution in [-0.4, -0.2) is 21.6 Å². The van der Waals surface area contributed by atoms with Crippen LogP contribution in [0.25, 0.3) is 5.52 Å². The van der Waals surface area contributed by atoms with E-state index in [0.717, 1.165) is 17.5 Å². The molecule has 3 aromatic rings. The fraction of sp³-hybridized carbons (Fsp3) is 0.250. The molecule has 0 aliphatic carbocycles. The number of hydrogen-bond acceptors (Lipinski definition) is 3. The van der Waals surface area contributed by atoms with Gasteiger partial charge < -0.3 is 5.32 Å². The van der Waals surface area contributed by atoms with E-state index in [1.807, 2.05) is 30.2 Å². The van der Waals surface area contributed by atoms with Crippen molar-refractivity contribution >= 4 is 5.52 Å². The average Bonchev–Trinajstić information content (AvgIpc) is 2.93. The molecular formula is C16H18N4. The number of nitrogens with one attached hydrogen (secondary N) is 1. The van der Waals surface area contributed by atoms with Gasteiger partial charge in [0, 0.05) is 18.0 Å². The largest absolute Gasteiger partial charge is 0.309 e. The van der Waals surface area contributed by atoms with Gasteiger partial charge in [0.25, 0.3) is 0 Å². The molecule has 1 N–H and O–H groups in total. The molecule has 0 fully saturated rings. The second-order valence-corrected chi connectivity index (χ2v) is 4.83. The molecule has 4 heteroatoms. The molecule has 0 bridgehead atoms. The van der Waals surface area contributed by atoms with E-state index >= 15 is 0 Å². The van der Waals surface area contributed by atoms with Gasteiger partial charge >= 0.3 is 0 Å². The van der Waals surface area contributed by atoms with Gasteiger partial charge in [-0.05, 0) is 24.6 Å². The minimum Gasteiger partial charge on any atom is -0.309 e. The Morgan fingerprint density at radius 1 is 1.30 bits per heavy atom. The molecule has 2 heterocycles. The first kappa shape index (κ1) is 12.8. The molecule has 1 unspecified atom stereocenters. The van der Waals surface area contributed by atoms with E-state index in [4.69, 9.17) is 0 Å². The van der Waals surface area contributed by atoms with E-state index in [2.05, 4.69) is 46.6 Å². The van der Waals surface area contributed by atoms with Crippen LogP contribution in [0.2, 0.25) is 0 Å². The second kappa shape index (κ2) is 5.43. The first-order chi connectivity index (χ1) is 9.83. The number of fused-ring (bicyclic) bond motifs is 1. The summed E-state index contributed by atoms with van der Waals surface area (Å²) < 4.78 is 1.86. The number of benzene rings is 1. The monoisotopic (exact) mass is 266 g/mol. The SMILES string of the molecule is CCc1cccc(C(NC)c2cnn3ccncc23)c1. The molecular weight excluding hydrogens is 248 g/mol. The Labute approximate surface area is 118 Å². The Balaban J connectivity index is 2.09. The van der Waals surface area contributed by atoms with Gasteiger partial charge in [0.05, 0.1) is 24.0 Å². The van der Waals surface area contributed by atoms with Crippen molar-refractivity contribution in [2.75, 3.05) is 7.05 Å². The summed E-state index contributed by atoms with van der Waals surface area (Å²) in [5.41, 5.74) is 4.78. The molecule has 1 aromatic carbocycles. The maximum Gasteiger partial charge on any atom is 0.0896 e. The molecule has 20 heavy (non-hydrogen) atoms. The van der Waals surface area contributed by atoms with Crippen LogP contribution >= 0.6 is 0 Å². The van der Waals surface area contributed by atoms with Gasteiger partial charge in [0.15, 0.2) is 0 Å². The van der Waals surface area contributed by atoms with Gasteiger partial charge in [-0.25, -0.2) is 4.52 Å². The summed E-state index contributed by atoms with van der Waals surface area (Å²) in [6.45, 7) is 2.17. The third-order valence-electron chi connectivity index (χ3n) is 3.65. The van der Waals surface area contributed by atoms with Crippen molar-refractivity contribution in [3.63, 3.8) is 0 Å². The van der Waals surface area contributed by atoms with Gasteiger partial charge in [-0.1, -0.05) is 31.2 Å². The van der Waals surface area contributed by atoms with Crippen LogP contribution in [0, 0.1) is 0 Å². The highest BCUT2D eigenvalue weighted by Crippen LogP contribution is 2.25. The van der Waals surface area contributed by atoms with Gasteiger partial charge in [-0.2, -0.15) is 5.10 Å². The van der Waals surface area contributed by atoms with Gasteiger partial charge in [-0.3, -0.25) is 4.98 Å². The Kier molecular flexibility index (Phi) is 3.48. The van der Waals surface area contributed by atoms with Gasteiger partial charge in [0.1, 0.15) is 0 Å². The zero-order valence-electron chi connectivity index (χ0n) is 11.7. The first-order valence-electron chi connectivity index (χ1n) is 6.87. The predicted molar refractivity (Wildman–Crippen MR) is 79.7 cm³/mol. The lowest BCUT2D eigenvalue weighted by Gasteiger charge is -2.16. The van der Waals surface area contributed by atoms with E-state index in [-0.39, 0.29) is 6.04 Å². The third-order valence-corrected chi connectivity index (χ3v) is 3.65. The summed E-state index contributed by atoms with van der Waals surface area (Å²) in [5.74, 6) is 0. The standard InChI is InChI=1S/C16H18N4/c1-3-12-5-4-6-13(9-12)16(17-2)14-10-19-20-8-7-18-11-15(14)20/h4-11,16-17H,3H2,1-2H3. The van der Waals surface area contributed by atoms with E-state index in [1.54, 1.807) is 6.20 Å². The Hall–Kier alpha value is -2.20. The summed E-state index contributed by atoms with van der Waals surface area (Å²) in [6, 6.07) is 8.81. The molecule has 2 aromatic heterocycles. The van der Waals surface area contributed by atoms with Crippen LogP contribution in [-0.2, 0) is 6.42 Å². The molecule has 0 amide bonds. The van der Waals surface area contributed by atoms with Crippen LogP contribution in [0.5, 0.6) is 0 Å². The summed E-state index contributed by atoms with van der Waals surface area (Å²) in [6.07, 6.45) is 8.43. The quantitative estimate of drug-likeness (QED) is 0.789. The van der Waals surface area contributed by atoms with Crippen LogP contribution in [0.3, 0.4) is 0 Å². The van der Waals surface area contributed by atoms with Crippen LogP contribution < -0.4 is 5.32 Å². The first-order valence-corrected chi connectivity index (χ1v) is 6.87. The Morgan fingerprint density at radius 3 is 3.00 bits per heavy atom. The molecule has 3 rings (SSSR count). The molecule has 0 spiro atoms. The molecule has 0 aliphatic heterocycles. The van der Waals surface area contributed by atoms with Gasteiger partial charge in [-0.15, -0.1) is 0 Å². The van der Waals surface area contributed by atoms with Crippen LogP contribution in [0.4, 0.5) is 0 Å². The third kappa shape index (κ3) is 2.18. The normalized spacial score (nSPS) is 12.7. The second-order valence-electron chi connectivity index (χ2n) is 4.83. The molecule has 0 saturated carbocycles. The maximum atomic E-state index is 4.39. The number of aromatic nitrogens is 3. The smallest absolute Gasteiger partial charge is 0.0896 e. The van der Waals surface area contributed by atoms with E-state index in [9.17, 15) is 0 Å². The lowest BCUT2D eigenvalue weighted by atomic mass is 9.98. The van der Waals surface area contributed by atoms with Crippen molar-refractivity contribution in [2.24, 2.45) is 0 Å². The predicted octanol–water partition coefficient (Wildman–Crippen LogP) is 2.60. The fourth-order valence-corrected chi connectivity index (χ4v) is 2.57. The van der Waals surface area contributed by atoms with Crippen LogP contribution in [0.1, 0.15) is 29.7 Å². The van der Waals surface area contributed by atoms with E-state index < -0.39 is 0 Å². The van der Waals surface area contributed by atoms with Crippen molar-refractivity contribution in [3.05, 3.63) is 65.7 Å². The Bertz CT molecular complexity index is 717. The minimum absolute atomic E-state index is 0.128. The Morgan fingerprint density at radius 2 is 2.20 bits per heavy atom. The van der Waals surface area contributed by atoms with Crippen molar-refractivity contribution < 1.29 is 0 Å². The maximum absolute atomic E-state index is 4.39. The molecule has 4 nitrogen and oxygen atoms in total. The summed E-state index contributed by atoms with van der Waals surface area (Å²) >= 11 is 0. The average molecular weight is 266 g/mol. The number of nitrogens with zero attached hydrogens (tertiary/aromatic N) is 3. The molecule has 0 radical (unpaired) electrons. The minimum atomic E-state index is 0.128. The molecule has 0 aliphatic rings. The number of hydrogen-bond donors (Lipinski definition) is 1. The molecule has 102 valence electrons. The highest BCUT2D eigenvalue weighted by Gasteiger charge is 2.17. The van der Waals surface area contributed by atoms with Crippen LogP contribution in [0.15, 0.2) is 49.1 Å². The zero-order chi connectivity index (χ0) is 13.9. The summed E-state index contributed by atoms with van der Waals surface area (Å²) in [4.78, 5) is 4.20. The van der Waals surface area contributed by atoms with E-state index in [0.29, 0.717) is 0 Å². The molecule has 1 atom stereocenters. The van der Waals surface area contributed by atoms with Gasteiger partial charge in [0.2, 0.25) is 0 Å². The lowest BCUT2D eigenvalue weighted by Crippen LogP contribution is -2.17. The fourth-order valence-electron chi connectivity index (χ4n) is 2.57. The highest BCUT2D eigenvalue weighted by molar-refractivity contribution is 5.55. The van der Waals surface area contributed by atoms with Crippen molar-refractivity contribution in [3.8, 4) is 0 Å². The van der Waals surface area contributed by atoms with E-state index in [1.165, 1.54) is 11.1 Å².